The Hall–Kier alpha value is -2.52. The fourth-order valence-corrected chi connectivity index (χ4v) is 3.66. The minimum Gasteiger partial charge on any atom is -0.497 e. The maximum Gasteiger partial charge on any atom is 0.323 e. The van der Waals surface area contributed by atoms with E-state index in [0.29, 0.717) is 40.8 Å². The third kappa shape index (κ3) is 7.10. The Labute approximate surface area is 177 Å². The second-order valence-electron chi connectivity index (χ2n) is 5.92. The van der Waals surface area contributed by atoms with E-state index in [-0.39, 0.29) is 5.78 Å². The normalized spacial score (nSPS) is 11.0. The summed E-state index contributed by atoms with van der Waals surface area (Å²) in [6.45, 7) is -0.453. The van der Waals surface area contributed by atoms with Crippen LogP contribution in [-0.4, -0.2) is 45.5 Å². The van der Waals surface area contributed by atoms with Gasteiger partial charge in [-0.15, -0.1) is 11.8 Å². The van der Waals surface area contributed by atoms with E-state index in [9.17, 15) is 14.4 Å². The molecule has 2 rings (SSSR count). The molecule has 9 heteroatoms. The molecule has 0 radical (unpaired) electrons. The number of carboxylic acids is 1. The molecule has 154 valence electrons. The van der Waals surface area contributed by atoms with E-state index >= 15 is 0 Å². The van der Waals surface area contributed by atoms with Crippen LogP contribution < -0.4 is 10.3 Å². The van der Waals surface area contributed by atoms with E-state index in [0.717, 1.165) is 4.57 Å². The standard InChI is InChI=1S/C20H22N2O5S2/c1-27-16-7-5-14(6-8-16)17(23)4-3-10-29-20-21-15(9-11-28-2)12-18(24)22(20)13-19(25)26/h5-9,11-12H,3-4,10,13H2,1-2H3,(H,25,26)/b11-9-. The average Bonchev–Trinajstić information content (AvgIpc) is 2.71. The maximum absolute atomic E-state index is 12.3. The molecule has 0 saturated heterocycles. The van der Waals surface area contributed by atoms with Crippen LogP contribution in [0.25, 0.3) is 6.08 Å². The molecule has 0 saturated carbocycles. The number of aromatic nitrogens is 2. The number of aliphatic carboxylic acids is 1. The van der Waals surface area contributed by atoms with Crippen LogP contribution in [0.2, 0.25) is 0 Å². The molecule has 0 aliphatic heterocycles. The van der Waals surface area contributed by atoms with Crippen LogP contribution in [0.15, 0.2) is 45.7 Å². The molecule has 0 aliphatic rings. The Balaban J connectivity index is 2.02. The van der Waals surface area contributed by atoms with Crippen molar-refractivity contribution in [3.05, 3.63) is 57.4 Å². The number of hydrogen-bond acceptors (Lipinski definition) is 7. The minimum absolute atomic E-state index is 0.0146. The smallest absolute Gasteiger partial charge is 0.323 e. The monoisotopic (exact) mass is 434 g/mol. The van der Waals surface area contributed by atoms with Gasteiger partial charge in [0.1, 0.15) is 12.3 Å². The Morgan fingerprint density at radius 2 is 2.00 bits per heavy atom. The summed E-state index contributed by atoms with van der Waals surface area (Å²) >= 11 is 2.74. The molecule has 1 aromatic heterocycles. The highest BCUT2D eigenvalue weighted by Gasteiger charge is 2.12. The van der Waals surface area contributed by atoms with Gasteiger partial charge in [0.2, 0.25) is 0 Å². The molecule has 2 aromatic rings. The van der Waals surface area contributed by atoms with Crippen LogP contribution in [-0.2, 0) is 11.3 Å². The topological polar surface area (TPSA) is 98.5 Å². The summed E-state index contributed by atoms with van der Waals surface area (Å²) in [5.74, 6) is 0.123. The third-order valence-electron chi connectivity index (χ3n) is 3.85. The molecule has 0 amide bonds. The molecule has 0 spiro atoms. The Kier molecular flexibility index (Phi) is 9.01. The van der Waals surface area contributed by atoms with Crippen molar-refractivity contribution in [2.24, 2.45) is 0 Å². The second kappa shape index (κ2) is 11.5. The number of ketones is 1. The Morgan fingerprint density at radius 3 is 2.62 bits per heavy atom. The number of benzene rings is 1. The highest BCUT2D eigenvalue weighted by molar-refractivity contribution is 8.01. The fourth-order valence-electron chi connectivity index (χ4n) is 2.43. The first kappa shape index (κ1) is 22.8. The van der Waals surface area contributed by atoms with Crippen molar-refractivity contribution >= 4 is 41.4 Å². The van der Waals surface area contributed by atoms with Gasteiger partial charge in [-0.25, -0.2) is 4.98 Å². The molecule has 29 heavy (non-hydrogen) atoms. The van der Waals surface area contributed by atoms with Gasteiger partial charge >= 0.3 is 5.97 Å². The summed E-state index contributed by atoms with van der Waals surface area (Å²) in [5, 5.41) is 11.2. The highest BCUT2D eigenvalue weighted by atomic mass is 32.2. The van der Waals surface area contributed by atoms with E-state index in [2.05, 4.69) is 4.98 Å². The fraction of sp³-hybridized carbons (Fsp3) is 0.300. The summed E-state index contributed by atoms with van der Waals surface area (Å²) in [5.41, 5.74) is 0.670. The summed E-state index contributed by atoms with van der Waals surface area (Å²) in [7, 11) is 1.57. The number of rotatable bonds is 11. The lowest BCUT2D eigenvalue weighted by atomic mass is 10.1. The van der Waals surface area contributed by atoms with Crippen LogP contribution >= 0.6 is 23.5 Å². The molecule has 0 unspecified atom stereocenters. The number of hydrogen-bond donors (Lipinski definition) is 1. The first-order chi connectivity index (χ1) is 13.9. The van der Waals surface area contributed by atoms with Crippen LogP contribution in [0.4, 0.5) is 0 Å². The van der Waals surface area contributed by atoms with Crippen molar-refractivity contribution in [3.8, 4) is 5.75 Å². The summed E-state index contributed by atoms with van der Waals surface area (Å²) < 4.78 is 6.22. The minimum atomic E-state index is -1.11. The van der Waals surface area contributed by atoms with Gasteiger partial charge in [0.15, 0.2) is 10.9 Å². The highest BCUT2D eigenvalue weighted by Crippen LogP contribution is 2.19. The van der Waals surface area contributed by atoms with Crippen molar-refractivity contribution in [1.82, 2.24) is 9.55 Å². The van der Waals surface area contributed by atoms with Gasteiger partial charge in [0.25, 0.3) is 5.56 Å². The quantitative estimate of drug-likeness (QED) is 0.249. The summed E-state index contributed by atoms with van der Waals surface area (Å²) in [6, 6.07) is 8.24. The van der Waals surface area contributed by atoms with Gasteiger partial charge in [-0.05, 0) is 48.4 Å². The molecule has 1 heterocycles. The number of nitrogens with zero attached hydrogens (tertiary/aromatic N) is 2. The van der Waals surface area contributed by atoms with Crippen LogP contribution in [0, 0.1) is 0 Å². The average molecular weight is 435 g/mol. The molecule has 7 nitrogen and oxygen atoms in total. The predicted octanol–water partition coefficient (Wildman–Crippen LogP) is 3.43. The van der Waals surface area contributed by atoms with E-state index in [1.54, 1.807) is 42.9 Å². The number of carbonyl (C=O) groups is 2. The van der Waals surface area contributed by atoms with E-state index < -0.39 is 18.1 Å². The van der Waals surface area contributed by atoms with E-state index in [1.807, 2.05) is 6.26 Å². The van der Waals surface area contributed by atoms with Gasteiger partial charge in [-0.2, -0.15) is 0 Å². The van der Waals surface area contributed by atoms with Crippen molar-refractivity contribution in [2.75, 3.05) is 19.1 Å². The lowest BCUT2D eigenvalue weighted by Crippen LogP contribution is -2.26. The van der Waals surface area contributed by atoms with Crippen molar-refractivity contribution in [3.63, 3.8) is 0 Å². The first-order valence-electron chi connectivity index (χ1n) is 8.77. The molecule has 0 fully saturated rings. The molecule has 0 atom stereocenters. The zero-order valence-corrected chi connectivity index (χ0v) is 17.8. The largest absolute Gasteiger partial charge is 0.497 e. The molecular weight excluding hydrogens is 412 g/mol. The molecule has 1 aromatic carbocycles. The van der Waals surface area contributed by atoms with Gasteiger partial charge in [0.05, 0.1) is 12.8 Å². The first-order valence-corrected chi connectivity index (χ1v) is 11.0. The number of ether oxygens (including phenoxy) is 1. The predicted molar refractivity (Wildman–Crippen MR) is 116 cm³/mol. The Bertz CT molecular complexity index is 939. The molecule has 1 N–H and O–H groups in total. The molecule has 0 bridgehead atoms. The molecular formula is C20H22N2O5S2. The van der Waals surface area contributed by atoms with Crippen LogP contribution in [0.1, 0.15) is 28.9 Å². The Morgan fingerprint density at radius 1 is 1.28 bits per heavy atom. The van der Waals surface area contributed by atoms with Crippen LogP contribution in [0.5, 0.6) is 5.75 Å². The SMILES string of the molecule is COc1ccc(C(=O)CCCSc2nc(/C=C\SC)cc(=O)n2CC(=O)O)cc1. The van der Waals surface area contributed by atoms with Crippen LogP contribution in [0.3, 0.4) is 0 Å². The van der Waals surface area contributed by atoms with Gasteiger partial charge in [-0.3, -0.25) is 19.0 Å². The van der Waals surface area contributed by atoms with Crippen molar-refractivity contribution in [2.45, 2.75) is 24.5 Å². The van der Waals surface area contributed by atoms with Gasteiger partial charge in [0, 0.05) is 23.8 Å². The van der Waals surface area contributed by atoms with Gasteiger partial charge < -0.3 is 9.84 Å². The zero-order chi connectivity index (χ0) is 21.2. The number of Topliss-reactive ketones (excluding diaryl/α,β-unsaturated/α-hetero) is 1. The van der Waals surface area contributed by atoms with E-state index in [1.165, 1.54) is 29.6 Å². The lowest BCUT2D eigenvalue weighted by Gasteiger charge is -2.10. The summed E-state index contributed by atoms with van der Waals surface area (Å²) in [4.78, 5) is 40.0. The number of methoxy groups -OCH3 is 1. The third-order valence-corrected chi connectivity index (χ3v) is 5.32. The lowest BCUT2D eigenvalue weighted by molar-refractivity contribution is -0.137. The number of carboxylic acid groups (broad SMARTS) is 1. The molecule has 0 aliphatic carbocycles. The van der Waals surface area contributed by atoms with Crippen molar-refractivity contribution < 1.29 is 19.4 Å². The van der Waals surface area contributed by atoms with E-state index in [4.69, 9.17) is 9.84 Å². The maximum atomic E-state index is 12.3. The van der Waals surface area contributed by atoms with Gasteiger partial charge in [-0.1, -0.05) is 11.8 Å². The second-order valence-corrected chi connectivity index (χ2v) is 7.73. The number of thioether (sulfide) groups is 2. The summed E-state index contributed by atoms with van der Waals surface area (Å²) in [6.07, 6.45) is 4.50. The zero-order valence-electron chi connectivity index (χ0n) is 16.2. The number of carbonyl (C=O) groups excluding carboxylic acids is 1. The van der Waals surface area contributed by atoms with Crippen molar-refractivity contribution in [1.29, 1.82) is 0 Å².